The van der Waals surface area contributed by atoms with Crippen molar-refractivity contribution >= 4 is 33.2 Å². The molecule has 0 unspecified atom stereocenters. The first-order valence-corrected chi connectivity index (χ1v) is 7.61. The SMILES string of the molecule is O=C(CCNc1cccc(Br)c1)Nc1ccccc1C(F)(F)F. The van der Waals surface area contributed by atoms with Crippen molar-refractivity contribution in [2.75, 3.05) is 17.2 Å². The molecule has 2 aromatic carbocycles. The maximum absolute atomic E-state index is 12.8. The van der Waals surface area contributed by atoms with Crippen molar-refractivity contribution in [3.8, 4) is 0 Å². The van der Waals surface area contributed by atoms with E-state index in [-0.39, 0.29) is 12.1 Å². The molecule has 0 spiro atoms. The lowest BCUT2D eigenvalue weighted by Crippen LogP contribution is -2.19. The van der Waals surface area contributed by atoms with E-state index >= 15 is 0 Å². The van der Waals surface area contributed by atoms with Crippen LogP contribution < -0.4 is 10.6 Å². The maximum Gasteiger partial charge on any atom is 0.418 e. The largest absolute Gasteiger partial charge is 0.418 e. The molecule has 0 aliphatic heterocycles. The first-order valence-electron chi connectivity index (χ1n) is 6.82. The second kappa shape index (κ2) is 7.50. The van der Waals surface area contributed by atoms with Crippen molar-refractivity contribution in [2.45, 2.75) is 12.6 Å². The minimum Gasteiger partial charge on any atom is -0.384 e. The van der Waals surface area contributed by atoms with E-state index in [1.807, 2.05) is 24.3 Å². The Balaban J connectivity index is 1.91. The molecule has 2 rings (SSSR count). The Morgan fingerprint density at radius 1 is 1.09 bits per heavy atom. The van der Waals surface area contributed by atoms with E-state index in [1.165, 1.54) is 18.2 Å². The molecule has 1 amide bonds. The second-order valence-corrected chi connectivity index (χ2v) is 5.69. The number of benzene rings is 2. The molecule has 0 fully saturated rings. The van der Waals surface area contributed by atoms with Crippen LogP contribution in [-0.2, 0) is 11.0 Å². The van der Waals surface area contributed by atoms with Crippen molar-refractivity contribution < 1.29 is 18.0 Å². The fourth-order valence-electron chi connectivity index (χ4n) is 1.97. The van der Waals surface area contributed by atoms with Crippen molar-refractivity contribution in [2.24, 2.45) is 0 Å². The molecule has 122 valence electrons. The van der Waals surface area contributed by atoms with E-state index in [0.717, 1.165) is 16.2 Å². The Morgan fingerprint density at radius 2 is 1.83 bits per heavy atom. The minimum atomic E-state index is -4.50. The molecule has 0 heterocycles. The first-order chi connectivity index (χ1) is 10.9. The number of amides is 1. The van der Waals surface area contributed by atoms with Gasteiger partial charge in [0, 0.05) is 23.1 Å². The Morgan fingerprint density at radius 3 is 2.52 bits per heavy atom. The van der Waals surface area contributed by atoms with Crippen LogP contribution in [0.25, 0.3) is 0 Å². The number of rotatable bonds is 5. The van der Waals surface area contributed by atoms with Crippen LogP contribution in [0.3, 0.4) is 0 Å². The number of halogens is 4. The smallest absolute Gasteiger partial charge is 0.384 e. The fraction of sp³-hybridized carbons (Fsp3) is 0.188. The second-order valence-electron chi connectivity index (χ2n) is 4.78. The first kappa shape index (κ1) is 17.3. The number of carbonyl (C=O) groups is 1. The number of hydrogen-bond acceptors (Lipinski definition) is 2. The summed E-state index contributed by atoms with van der Waals surface area (Å²) < 4.78 is 39.4. The minimum absolute atomic E-state index is 0.0543. The Hall–Kier alpha value is -2.02. The quantitative estimate of drug-likeness (QED) is 0.766. The molecule has 0 radical (unpaired) electrons. The third kappa shape index (κ3) is 5.28. The summed E-state index contributed by atoms with van der Waals surface area (Å²) in [4.78, 5) is 11.8. The predicted octanol–water partition coefficient (Wildman–Crippen LogP) is 4.91. The Bertz CT molecular complexity index is 689. The van der Waals surface area contributed by atoms with E-state index in [9.17, 15) is 18.0 Å². The molecule has 7 heteroatoms. The summed E-state index contributed by atoms with van der Waals surface area (Å²) in [6, 6.07) is 12.3. The van der Waals surface area contributed by atoms with Crippen LogP contribution in [0.5, 0.6) is 0 Å². The van der Waals surface area contributed by atoms with Gasteiger partial charge < -0.3 is 10.6 Å². The number of hydrogen-bond donors (Lipinski definition) is 2. The normalized spacial score (nSPS) is 11.1. The monoisotopic (exact) mass is 386 g/mol. The van der Waals surface area contributed by atoms with Crippen molar-refractivity contribution in [1.29, 1.82) is 0 Å². The summed E-state index contributed by atoms with van der Waals surface area (Å²) in [7, 11) is 0. The molecule has 0 saturated carbocycles. The van der Waals surface area contributed by atoms with Gasteiger partial charge in [0.05, 0.1) is 11.3 Å². The van der Waals surface area contributed by atoms with Gasteiger partial charge in [0.15, 0.2) is 0 Å². The molecule has 0 aliphatic carbocycles. The van der Waals surface area contributed by atoms with Crippen LogP contribution >= 0.6 is 15.9 Å². The predicted molar refractivity (Wildman–Crippen MR) is 87.3 cm³/mol. The molecule has 0 aromatic heterocycles. The maximum atomic E-state index is 12.8. The highest BCUT2D eigenvalue weighted by Gasteiger charge is 2.33. The van der Waals surface area contributed by atoms with Gasteiger partial charge in [-0.15, -0.1) is 0 Å². The van der Waals surface area contributed by atoms with Crippen LogP contribution in [0, 0.1) is 0 Å². The van der Waals surface area contributed by atoms with Crippen molar-refractivity contribution in [3.63, 3.8) is 0 Å². The third-order valence-corrected chi connectivity index (χ3v) is 3.51. The van der Waals surface area contributed by atoms with E-state index in [0.29, 0.717) is 6.54 Å². The highest BCUT2D eigenvalue weighted by molar-refractivity contribution is 9.10. The zero-order chi connectivity index (χ0) is 16.9. The van der Waals surface area contributed by atoms with E-state index in [1.54, 1.807) is 0 Å². The molecule has 3 nitrogen and oxygen atoms in total. The molecular weight excluding hydrogens is 373 g/mol. The van der Waals surface area contributed by atoms with Gasteiger partial charge in [-0.2, -0.15) is 13.2 Å². The fourth-order valence-corrected chi connectivity index (χ4v) is 2.37. The number of alkyl halides is 3. The van der Waals surface area contributed by atoms with Gasteiger partial charge >= 0.3 is 6.18 Å². The van der Waals surface area contributed by atoms with Gasteiger partial charge in [-0.3, -0.25) is 4.79 Å². The lowest BCUT2D eigenvalue weighted by molar-refractivity contribution is -0.137. The van der Waals surface area contributed by atoms with Gasteiger partial charge in [0.1, 0.15) is 0 Å². The van der Waals surface area contributed by atoms with Crippen molar-refractivity contribution in [1.82, 2.24) is 0 Å². The van der Waals surface area contributed by atoms with Crippen LogP contribution in [0.1, 0.15) is 12.0 Å². The van der Waals surface area contributed by atoms with Crippen LogP contribution in [-0.4, -0.2) is 12.5 Å². The Labute approximate surface area is 140 Å². The summed E-state index contributed by atoms with van der Waals surface area (Å²) >= 11 is 3.33. The average molecular weight is 387 g/mol. The van der Waals surface area contributed by atoms with Gasteiger partial charge in [-0.1, -0.05) is 34.1 Å². The molecule has 2 N–H and O–H groups in total. The Kier molecular flexibility index (Phi) is 5.65. The highest BCUT2D eigenvalue weighted by atomic mass is 79.9. The van der Waals surface area contributed by atoms with E-state index in [4.69, 9.17) is 0 Å². The van der Waals surface area contributed by atoms with E-state index < -0.39 is 17.6 Å². The van der Waals surface area contributed by atoms with Gasteiger partial charge in [-0.05, 0) is 30.3 Å². The molecule has 0 saturated heterocycles. The number of carbonyl (C=O) groups excluding carboxylic acids is 1. The highest BCUT2D eigenvalue weighted by Crippen LogP contribution is 2.34. The number of anilines is 2. The van der Waals surface area contributed by atoms with Crippen molar-refractivity contribution in [3.05, 3.63) is 58.6 Å². The summed E-state index contributed by atoms with van der Waals surface area (Å²) in [5.41, 5.74) is -0.261. The summed E-state index contributed by atoms with van der Waals surface area (Å²) in [6.45, 7) is 0.316. The van der Waals surface area contributed by atoms with Crippen LogP contribution in [0.4, 0.5) is 24.5 Å². The van der Waals surface area contributed by atoms with Crippen LogP contribution in [0.2, 0.25) is 0 Å². The molecule has 0 aliphatic rings. The standard InChI is InChI=1S/C16H14BrF3N2O/c17-11-4-3-5-12(10-11)21-9-8-15(23)22-14-7-2-1-6-13(14)16(18,19)20/h1-7,10,21H,8-9H2,(H,22,23). The molecule has 23 heavy (non-hydrogen) atoms. The van der Waals surface area contributed by atoms with E-state index in [2.05, 4.69) is 26.6 Å². The molecule has 0 bridgehead atoms. The zero-order valence-electron chi connectivity index (χ0n) is 12.0. The summed E-state index contributed by atoms with van der Waals surface area (Å²) in [6.07, 6.45) is -4.45. The molecule has 2 aromatic rings. The number of para-hydroxylation sites is 1. The van der Waals surface area contributed by atoms with Gasteiger partial charge in [0.2, 0.25) is 5.91 Å². The average Bonchev–Trinajstić information content (AvgIpc) is 2.47. The summed E-state index contributed by atoms with van der Waals surface area (Å²) in [5, 5.41) is 5.34. The lowest BCUT2D eigenvalue weighted by atomic mass is 10.1. The van der Waals surface area contributed by atoms with Gasteiger partial charge in [0.25, 0.3) is 0 Å². The molecule has 0 atom stereocenters. The third-order valence-electron chi connectivity index (χ3n) is 3.01. The lowest BCUT2D eigenvalue weighted by Gasteiger charge is -2.13. The molecular formula is C16H14BrF3N2O. The van der Waals surface area contributed by atoms with Gasteiger partial charge in [-0.25, -0.2) is 0 Å². The zero-order valence-corrected chi connectivity index (χ0v) is 13.5. The summed E-state index contributed by atoms with van der Waals surface area (Å²) in [5.74, 6) is -0.482. The topological polar surface area (TPSA) is 41.1 Å². The number of nitrogens with one attached hydrogen (secondary N) is 2. The van der Waals surface area contributed by atoms with Crippen LogP contribution in [0.15, 0.2) is 53.0 Å².